The Kier molecular flexibility index (Phi) is 6.50. The molecule has 2 aliphatic heterocycles. The monoisotopic (exact) mass is 359 g/mol. The van der Waals surface area contributed by atoms with Crippen molar-refractivity contribution in [2.24, 2.45) is 5.92 Å². The van der Waals surface area contributed by atoms with Crippen LogP contribution in [0.5, 0.6) is 0 Å². The molecule has 1 atom stereocenters. The zero-order valence-corrected chi connectivity index (χ0v) is 15.5. The standard InChI is InChI=1S/C20H29N3O3/c1-16-14-23(12-9-21-16)19(24)13-17-7-10-22(11-8-17)20(25)26-15-18-5-3-2-4-6-18/h2-6,16-17,21H,7-15H2,1H3. The summed E-state index contributed by atoms with van der Waals surface area (Å²) in [7, 11) is 0. The van der Waals surface area contributed by atoms with Crippen LogP contribution in [0, 0.1) is 5.92 Å². The number of hydrogen-bond acceptors (Lipinski definition) is 4. The predicted molar refractivity (Wildman–Crippen MR) is 99.6 cm³/mol. The van der Waals surface area contributed by atoms with Gasteiger partial charge in [-0.05, 0) is 31.2 Å². The van der Waals surface area contributed by atoms with Crippen LogP contribution in [0.15, 0.2) is 30.3 Å². The van der Waals surface area contributed by atoms with Gasteiger partial charge in [0.05, 0.1) is 0 Å². The highest BCUT2D eigenvalue weighted by molar-refractivity contribution is 5.76. The van der Waals surface area contributed by atoms with Gasteiger partial charge in [0, 0.05) is 45.2 Å². The number of carbonyl (C=O) groups excluding carboxylic acids is 2. The van der Waals surface area contributed by atoms with Gasteiger partial charge >= 0.3 is 6.09 Å². The van der Waals surface area contributed by atoms with Gasteiger partial charge in [-0.2, -0.15) is 0 Å². The van der Waals surface area contributed by atoms with E-state index in [9.17, 15) is 9.59 Å². The number of amides is 2. The molecule has 1 aromatic rings. The van der Waals surface area contributed by atoms with Crippen molar-refractivity contribution in [3.05, 3.63) is 35.9 Å². The largest absolute Gasteiger partial charge is 0.445 e. The summed E-state index contributed by atoms with van der Waals surface area (Å²) in [6, 6.07) is 10.1. The number of nitrogens with one attached hydrogen (secondary N) is 1. The molecular formula is C20H29N3O3. The lowest BCUT2D eigenvalue weighted by atomic mass is 9.93. The Balaban J connectivity index is 1.38. The number of nitrogens with zero attached hydrogens (tertiary/aromatic N) is 2. The van der Waals surface area contributed by atoms with Crippen LogP contribution in [0.3, 0.4) is 0 Å². The molecule has 142 valence electrons. The molecule has 2 amide bonds. The average Bonchev–Trinajstić information content (AvgIpc) is 2.67. The molecule has 2 saturated heterocycles. The van der Waals surface area contributed by atoms with Crippen LogP contribution >= 0.6 is 0 Å². The Labute approximate surface area is 155 Å². The van der Waals surface area contributed by atoms with Crippen LogP contribution in [0.1, 0.15) is 31.7 Å². The van der Waals surface area contributed by atoms with Crippen LogP contribution < -0.4 is 5.32 Å². The van der Waals surface area contributed by atoms with Crippen molar-refractivity contribution in [2.45, 2.75) is 38.8 Å². The van der Waals surface area contributed by atoms with Crippen molar-refractivity contribution in [2.75, 3.05) is 32.7 Å². The molecule has 1 aromatic carbocycles. The fourth-order valence-electron chi connectivity index (χ4n) is 3.67. The summed E-state index contributed by atoms with van der Waals surface area (Å²) in [5.74, 6) is 0.620. The zero-order chi connectivity index (χ0) is 18.4. The van der Waals surface area contributed by atoms with E-state index in [-0.39, 0.29) is 12.0 Å². The number of carbonyl (C=O) groups is 2. The minimum absolute atomic E-state index is 0.253. The highest BCUT2D eigenvalue weighted by Gasteiger charge is 2.28. The topological polar surface area (TPSA) is 61.9 Å². The third-order valence-electron chi connectivity index (χ3n) is 5.26. The van der Waals surface area contributed by atoms with Gasteiger partial charge in [0.1, 0.15) is 6.61 Å². The number of likely N-dealkylation sites (tertiary alicyclic amines) is 1. The SMILES string of the molecule is CC1CN(C(=O)CC2CCN(C(=O)OCc3ccccc3)CC2)CCN1. The first-order chi connectivity index (χ1) is 12.6. The van der Waals surface area contributed by atoms with Crippen LogP contribution in [0.2, 0.25) is 0 Å². The van der Waals surface area contributed by atoms with Crippen molar-refractivity contribution >= 4 is 12.0 Å². The maximum Gasteiger partial charge on any atom is 0.410 e. The molecule has 0 aliphatic carbocycles. The van der Waals surface area contributed by atoms with Gasteiger partial charge < -0.3 is 19.9 Å². The van der Waals surface area contributed by atoms with Crippen molar-refractivity contribution in [1.82, 2.24) is 15.1 Å². The van der Waals surface area contributed by atoms with Crippen molar-refractivity contribution in [3.8, 4) is 0 Å². The van der Waals surface area contributed by atoms with E-state index in [1.165, 1.54) is 0 Å². The van der Waals surface area contributed by atoms with Crippen molar-refractivity contribution < 1.29 is 14.3 Å². The minimum atomic E-state index is -0.255. The van der Waals surface area contributed by atoms with Crippen LogP contribution in [0.4, 0.5) is 4.79 Å². The summed E-state index contributed by atoms with van der Waals surface area (Å²) in [6.45, 7) is 6.22. The highest BCUT2D eigenvalue weighted by atomic mass is 16.6. The van der Waals surface area contributed by atoms with E-state index >= 15 is 0 Å². The van der Waals surface area contributed by atoms with Gasteiger partial charge in [-0.1, -0.05) is 30.3 Å². The zero-order valence-electron chi connectivity index (χ0n) is 15.5. The predicted octanol–water partition coefficient (Wildman–Crippen LogP) is 2.25. The average molecular weight is 359 g/mol. The fraction of sp³-hybridized carbons (Fsp3) is 0.600. The second-order valence-corrected chi connectivity index (χ2v) is 7.37. The van der Waals surface area contributed by atoms with Crippen molar-refractivity contribution in [1.29, 1.82) is 0 Å². The number of rotatable bonds is 4. The molecule has 0 aromatic heterocycles. The number of ether oxygens (including phenoxy) is 1. The first-order valence-corrected chi connectivity index (χ1v) is 9.58. The van der Waals surface area contributed by atoms with E-state index in [1.54, 1.807) is 4.90 Å². The summed E-state index contributed by atoms with van der Waals surface area (Å²) >= 11 is 0. The molecule has 1 unspecified atom stereocenters. The molecular weight excluding hydrogens is 330 g/mol. The molecule has 26 heavy (non-hydrogen) atoms. The van der Waals surface area contributed by atoms with E-state index in [0.29, 0.717) is 38.1 Å². The van der Waals surface area contributed by atoms with Gasteiger partial charge in [0.2, 0.25) is 5.91 Å². The quantitative estimate of drug-likeness (QED) is 0.896. The number of benzene rings is 1. The summed E-state index contributed by atoms with van der Waals surface area (Å²) in [4.78, 5) is 28.4. The lowest BCUT2D eigenvalue weighted by Crippen LogP contribution is -2.51. The molecule has 2 heterocycles. The highest BCUT2D eigenvalue weighted by Crippen LogP contribution is 2.22. The van der Waals surface area contributed by atoms with Gasteiger partial charge in [-0.25, -0.2) is 4.79 Å². The lowest BCUT2D eigenvalue weighted by molar-refractivity contribution is -0.133. The molecule has 2 aliphatic rings. The van der Waals surface area contributed by atoms with Gasteiger partial charge in [-0.15, -0.1) is 0 Å². The molecule has 1 N–H and O–H groups in total. The van der Waals surface area contributed by atoms with Crippen LogP contribution in [-0.4, -0.2) is 60.6 Å². The Morgan fingerprint density at radius 2 is 1.85 bits per heavy atom. The first kappa shape index (κ1) is 18.7. The third kappa shape index (κ3) is 5.21. The minimum Gasteiger partial charge on any atom is -0.445 e. The Morgan fingerprint density at radius 3 is 2.54 bits per heavy atom. The summed E-state index contributed by atoms with van der Waals surface area (Å²) < 4.78 is 5.40. The Hall–Kier alpha value is -2.08. The van der Waals surface area contributed by atoms with Gasteiger partial charge in [0.25, 0.3) is 0 Å². The van der Waals surface area contributed by atoms with Gasteiger partial charge in [-0.3, -0.25) is 4.79 Å². The van der Waals surface area contributed by atoms with Gasteiger partial charge in [0.15, 0.2) is 0 Å². The van der Waals surface area contributed by atoms with E-state index < -0.39 is 0 Å². The number of hydrogen-bond donors (Lipinski definition) is 1. The maximum absolute atomic E-state index is 12.5. The molecule has 2 fully saturated rings. The molecule has 3 rings (SSSR count). The van der Waals surface area contributed by atoms with Crippen LogP contribution in [-0.2, 0) is 16.1 Å². The molecule has 6 heteroatoms. The molecule has 0 radical (unpaired) electrons. The Bertz CT molecular complexity index is 600. The molecule has 6 nitrogen and oxygen atoms in total. The van der Waals surface area contributed by atoms with E-state index in [0.717, 1.165) is 38.0 Å². The second-order valence-electron chi connectivity index (χ2n) is 7.37. The lowest BCUT2D eigenvalue weighted by Gasteiger charge is -2.35. The maximum atomic E-state index is 12.5. The first-order valence-electron chi connectivity index (χ1n) is 9.58. The van der Waals surface area contributed by atoms with E-state index in [1.807, 2.05) is 35.2 Å². The van der Waals surface area contributed by atoms with Crippen LogP contribution in [0.25, 0.3) is 0 Å². The van der Waals surface area contributed by atoms with Crippen molar-refractivity contribution in [3.63, 3.8) is 0 Å². The smallest absolute Gasteiger partial charge is 0.410 e. The Morgan fingerprint density at radius 1 is 1.12 bits per heavy atom. The van der Waals surface area contributed by atoms with E-state index in [4.69, 9.17) is 4.74 Å². The number of piperidine rings is 1. The normalized spacial score (nSPS) is 21.5. The molecule has 0 saturated carbocycles. The fourth-order valence-corrected chi connectivity index (χ4v) is 3.67. The third-order valence-corrected chi connectivity index (χ3v) is 5.26. The molecule has 0 spiro atoms. The second kappa shape index (κ2) is 9.03. The number of piperazine rings is 1. The van der Waals surface area contributed by atoms with E-state index in [2.05, 4.69) is 12.2 Å². The summed E-state index contributed by atoms with van der Waals surface area (Å²) in [5.41, 5.74) is 0.992. The summed E-state index contributed by atoms with van der Waals surface area (Å²) in [6.07, 6.45) is 2.08. The summed E-state index contributed by atoms with van der Waals surface area (Å²) in [5, 5.41) is 3.36. The molecule has 0 bridgehead atoms.